The summed E-state index contributed by atoms with van der Waals surface area (Å²) in [6, 6.07) is 4.73. The van der Waals surface area contributed by atoms with Crippen molar-refractivity contribution < 1.29 is 14.0 Å². The fourth-order valence-electron chi connectivity index (χ4n) is 2.74. The highest BCUT2D eigenvalue weighted by molar-refractivity contribution is 7.80. The molecule has 2 amide bonds. The van der Waals surface area contributed by atoms with Gasteiger partial charge in [-0.3, -0.25) is 19.8 Å². The summed E-state index contributed by atoms with van der Waals surface area (Å²) in [4.78, 5) is 27.2. The molecule has 120 valence electrons. The van der Waals surface area contributed by atoms with Crippen molar-refractivity contribution in [3.63, 3.8) is 0 Å². The number of hydrogen-bond acceptors (Lipinski definition) is 4. The Hall–Kier alpha value is -2.28. The van der Waals surface area contributed by atoms with E-state index in [-0.39, 0.29) is 16.5 Å². The van der Waals surface area contributed by atoms with Crippen LogP contribution in [0.15, 0.2) is 23.8 Å². The lowest BCUT2D eigenvalue weighted by molar-refractivity contribution is -0.128. The second-order valence-electron chi connectivity index (χ2n) is 5.59. The SMILES string of the molecule is CN1C(=O)C(=Cc2ccc(N3CCCC3)c(F)c2)C(=O)NC1=S. The monoisotopic (exact) mass is 333 g/mol. The van der Waals surface area contributed by atoms with E-state index in [9.17, 15) is 14.0 Å². The summed E-state index contributed by atoms with van der Waals surface area (Å²) >= 11 is 4.88. The minimum atomic E-state index is -0.567. The van der Waals surface area contributed by atoms with Crippen LogP contribution in [-0.2, 0) is 9.59 Å². The van der Waals surface area contributed by atoms with Gasteiger partial charge in [0, 0.05) is 20.1 Å². The molecule has 23 heavy (non-hydrogen) atoms. The Morgan fingerprint density at radius 2 is 1.96 bits per heavy atom. The maximum absolute atomic E-state index is 14.3. The average molecular weight is 333 g/mol. The molecule has 0 bridgehead atoms. The van der Waals surface area contributed by atoms with Gasteiger partial charge in [0.05, 0.1) is 5.69 Å². The van der Waals surface area contributed by atoms with Crippen molar-refractivity contribution in [3.05, 3.63) is 35.2 Å². The molecule has 0 saturated carbocycles. The zero-order valence-electron chi connectivity index (χ0n) is 12.6. The molecule has 2 aliphatic rings. The predicted octanol–water partition coefficient (Wildman–Crippen LogP) is 1.68. The summed E-state index contributed by atoms with van der Waals surface area (Å²) in [5, 5.41) is 2.49. The largest absolute Gasteiger partial charge is 0.369 e. The van der Waals surface area contributed by atoms with Crippen LogP contribution in [-0.4, -0.2) is 42.0 Å². The number of rotatable bonds is 2. The Bertz CT molecular complexity index is 726. The van der Waals surface area contributed by atoms with Crippen molar-refractivity contribution in [2.24, 2.45) is 0 Å². The van der Waals surface area contributed by atoms with Crippen LogP contribution in [0.3, 0.4) is 0 Å². The number of likely N-dealkylation sites (N-methyl/N-ethyl adjacent to an activating group) is 1. The van der Waals surface area contributed by atoms with Crippen LogP contribution in [0.5, 0.6) is 0 Å². The molecule has 2 aliphatic heterocycles. The smallest absolute Gasteiger partial charge is 0.265 e. The summed E-state index contributed by atoms with van der Waals surface area (Å²) in [7, 11) is 1.48. The van der Waals surface area contributed by atoms with E-state index >= 15 is 0 Å². The molecule has 5 nitrogen and oxygen atoms in total. The number of amides is 2. The zero-order chi connectivity index (χ0) is 16.6. The van der Waals surface area contributed by atoms with Crippen LogP contribution in [0.25, 0.3) is 6.08 Å². The molecule has 0 radical (unpaired) electrons. The molecule has 2 fully saturated rings. The van der Waals surface area contributed by atoms with E-state index in [0.717, 1.165) is 25.9 Å². The first-order chi connectivity index (χ1) is 11.0. The first kappa shape index (κ1) is 15.6. The number of thiocarbonyl (C=S) groups is 1. The molecular formula is C16H16FN3O2S. The molecule has 2 saturated heterocycles. The minimum Gasteiger partial charge on any atom is -0.369 e. The van der Waals surface area contributed by atoms with E-state index in [1.165, 1.54) is 24.1 Å². The van der Waals surface area contributed by atoms with Crippen LogP contribution in [0.1, 0.15) is 18.4 Å². The lowest BCUT2D eigenvalue weighted by Gasteiger charge is -2.25. The minimum absolute atomic E-state index is 0.0607. The van der Waals surface area contributed by atoms with Crippen LogP contribution in [0.2, 0.25) is 0 Å². The number of benzene rings is 1. The highest BCUT2D eigenvalue weighted by Gasteiger charge is 2.30. The first-order valence-electron chi connectivity index (χ1n) is 7.37. The molecule has 0 unspecified atom stereocenters. The zero-order valence-corrected chi connectivity index (χ0v) is 13.5. The molecule has 0 aliphatic carbocycles. The number of anilines is 1. The third kappa shape index (κ3) is 2.96. The molecule has 3 rings (SSSR count). The standard InChI is InChI=1S/C16H16FN3O2S/c1-19-15(22)11(14(21)18-16(19)23)8-10-4-5-13(12(17)9-10)20-6-2-3-7-20/h4-5,8-9H,2-3,6-7H2,1H3,(H,18,21,23). The van der Waals surface area contributed by atoms with Crippen molar-refractivity contribution in [1.29, 1.82) is 0 Å². The third-order valence-electron chi connectivity index (χ3n) is 4.03. The predicted molar refractivity (Wildman–Crippen MR) is 89.3 cm³/mol. The normalized spacial score (nSPS) is 20.4. The van der Waals surface area contributed by atoms with Gasteiger partial charge in [-0.2, -0.15) is 0 Å². The van der Waals surface area contributed by atoms with Gasteiger partial charge < -0.3 is 4.90 Å². The Kier molecular flexibility index (Phi) is 4.12. The lowest BCUT2D eigenvalue weighted by atomic mass is 10.1. The summed E-state index contributed by atoms with van der Waals surface area (Å²) in [6.07, 6.45) is 3.51. The van der Waals surface area contributed by atoms with E-state index in [2.05, 4.69) is 5.32 Å². The van der Waals surface area contributed by atoms with Crippen molar-refractivity contribution in [3.8, 4) is 0 Å². The summed E-state index contributed by atoms with van der Waals surface area (Å²) in [5.74, 6) is -1.42. The van der Waals surface area contributed by atoms with Gasteiger partial charge in [-0.15, -0.1) is 0 Å². The van der Waals surface area contributed by atoms with Crippen molar-refractivity contribution >= 4 is 40.9 Å². The fourth-order valence-corrected chi connectivity index (χ4v) is 2.92. The molecule has 1 aromatic carbocycles. The molecular weight excluding hydrogens is 317 g/mol. The first-order valence-corrected chi connectivity index (χ1v) is 7.78. The quantitative estimate of drug-likeness (QED) is 0.508. The summed E-state index contributed by atoms with van der Waals surface area (Å²) < 4.78 is 14.3. The summed E-state index contributed by atoms with van der Waals surface area (Å²) in [6.45, 7) is 1.70. The number of nitrogens with one attached hydrogen (secondary N) is 1. The number of carbonyl (C=O) groups excluding carboxylic acids is 2. The van der Waals surface area contributed by atoms with Gasteiger partial charge in [-0.25, -0.2) is 4.39 Å². The Labute approximate surface area is 138 Å². The molecule has 1 N–H and O–H groups in total. The third-order valence-corrected chi connectivity index (χ3v) is 4.41. The Balaban J connectivity index is 1.90. The van der Waals surface area contributed by atoms with Gasteiger partial charge in [-0.1, -0.05) is 6.07 Å². The highest BCUT2D eigenvalue weighted by atomic mass is 32.1. The van der Waals surface area contributed by atoms with Gasteiger partial charge in [0.25, 0.3) is 11.8 Å². The van der Waals surface area contributed by atoms with Gasteiger partial charge in [-0.05, 0) is 48.8 Å². The topological polar surface area (TPSA) is 52.7 Å². The second kappa shape index (κ2) is 6.08. The number of carbonyl (C=O) groups is 2. The Morgan fingerprint density at radius 1 is 1.26 bits per heavy atom. The van der Waals surface area contributed by atoms with Gasteiger partial charge in [0.2, 0.25) is 0 Å². The average Bonchev–Trinajstić information content (AvgIpc) is 3.03. The highest BCUT2D eigenvalue weighted by Crippen LogP contribution is 2.25. The van der Waals surface area contributed by atoms with E-state index in [4.69, 9.17) is 12.2 Å². The molecule has 2 heterocycles. The van der Waals surface area contributed by atoms with Crippen molar-refractivity contribution in [1.82, 2.24) is 10.2 Å². The maximum atomic E-state index is 14.3. The summed E-state index contributed by atoms with van der Waals surface area (Å²) in [5.41, 5.74) is 0.960. The molecule has 0 atom stereocenters. The number of nitrogens with zero attached hydrogens (tertiary/aromatic N) is 2. The Morgan fingerprint density at radius 3 is 2.61 bits per heavy atom. The second-order valence-corrected chi connectivity index (χ2v) is 5.97. The van der Waals surface area contributed by atoms with Gasteiger partial charge >= 0.3 is 0 Å². The van der Waals surface area contributed by atoms with E-state index < -0.39 is 11.8 Å². The van der Waals surface area contributed by atoms with E-state index in [1.54, 1.807) is 12.1 Å². The van der Waals surface area contributed by atoms with Crippen molar-refractivity contribution in [2.45, 2.75) is 12.8 Å². The van der Waals surface area contributed by atoms with Crippen molar-refractivity contribution in [2.75, 3.05) is 25.0 Å². The molecule has 1 aromatic rings. The van der Waals surface area contributed by atoms with E-state index in [1.807, 2.05) is 4.90 Å². The van der Waals surface area contributed by atoms with Crippen LogP contribution < -0.4 is 10.2 Å². The van der Waals surface area contributed by atoms with Crippen LogP contribution in [0.4, 0.5) is 10.1 Å². The van der Waals surface area contributed by atoms with Gasteiger partial charge in [0.1, 0.15) is 11.4 Å². The lowest BCUT2D eigenvalue weighted by Crippen LogP contribution is -2.52. The van der Waals surface area contributed by atoms with Crippen LogP contribution in [0, 0.1) is 5.82 Å². The number of hydrogen-bond donors (Lipinski definition) is 1. The molecule has 7 heteroatoms. The maximum Gasteiger partial charge on any atom is 0.265 e. The fraction of sp³-hybridized carbons (Fsp3) is 0.312. The number of halogens is 1. The van der Waals surface area contributed by atoms with Gasteiger partial charge in [0.15, 0.2) is 5.11 Å². The molecule has 0 aromatic heterocycles. The van der Waals surface area contributed by atoms with Crippen LogP contribution >= 0.6 is 12.2 Å². The van der Waals surface area contributed by atoms with E-state index in [0.29, 0.717) is 11.3 Å². The molecule has 0 spiro atoms.